The van der Waals surface area contributed by atoms with Crippen LogP contribution in [-0.4, -0.2) is 26.7 Å². The molecule has 0 saturated carbocycles. The molecule has 0 spiro atoms. The average molecular weight is 328 g/mol. The molecule has 0 aliphatic carbocycles. The van der Waals surface area contributed by atoms with Crippen molar-refractivity contribution in [2.75, 3.05) is 0 Å². The molecule has 0 atom stereocenters. The van der Waals surface area contributed by atoms with E-state index in [1.54, 1.807) is 29.6 Å². The summed E-state index contributed by atoms with van der Waals surface area (Å²) in [5, 5.41) is 15.6. The van der Waals surface area contributed by atoms with Gasteiger partial charge >= 0.3 is 0 Å². The number of nitrogens with one attached hydrogen (secondary N) is 2. The minimum absolute atomic E-state index is 0.180. The van der Waals surface area contributed by atoms with E-state index in [0.717, 1.165) is 0 Å². The highest BCUT2D eigenvalue weighted by Gasteiger charge is 2.18. The Kier molecular flexibility index (Phi) is 4.07. The van der Waals surface area contributed by atoms with Gasteiger partial charge in [0.15, 0.2) is 11.4 Å². The fraction of sp³-hybridized carbons (Fsp3) is 0. The highest BCUT2D eigenvalue weighted by atomic mass is 32.1. The standard InChI is InChI=1S/C15H12N4O3S/c20-11-9-19(10-5-2-1-3-6-10)18-13(11)15(22)17-16-14(21)12-7-4-8-23-12/h1-9,20H,(H,16,21)(H,17,22). The minimum atomic E-state index is -0.706. The summed E-state index contributed by atoms with van der Waals surface area (Å²) in [5.74, 6) is -1.42. The summed E-state index contributed by atoms with van der Waals surface area (Å²) in [5.41, 5.74) is 5.01. The zero-order chi connectivity index (χ0) is 16.2. The molecule has 0 aliphatic heterocycles. The maximum Gasteiger partial charge on any atom is 0.294 e. The van der Waals surface area contributed by atoms with Crippen molar-refractivity contribution in [1.82, 2.24) is 20.6 Å². The van der Waals surface area contributed by atoms with Gasteiger partial charge < -0.3 is 5.11 Å². The maximum absolute atomic E-state index is 12.0. The fourth-order valence-corrected chi connectivity index (χ4v) is 2.50. The number of para-hydroxylation sites is 1. The van der Waals surface area contributed by atoms with Gasteiger partial charge in [0.1, 0.15) is 0 Å². The molecule has 0 unspecified atom stereocenters. The molecule has 1 aromatic carbocycles. The van der Waals surface area contributed by atoms with Crippen molar-refractivity contribution >= 4 is 23.2 Å². The van der Waals surface area contributed by atoms with Gasteiger partial charge in [-0.3, -0.25) is 20.4 Å². The van der Waals surface area contributed by atoms with Crippen molar-refractivity contribution in [3.05, 3.63) is 64.6 Å². The molecular weight excluding hydrogens is 316 g/mol. The molecule has 8 heteroatoms. The highest BCUT2D eigenvalue weighted by Crippen LogP contribution is 2.17. The lowest BCUT2D eigenvalue weighted by molar-refractivity contribution is 0.0844. The smallest absolute Gasteiger partial charge is 0.294 e. The van der Waals surface area contributed by atoms with E-state index >= 15 is 0 Å². The van der Waals surface area contributed by atoms with E-state index in [2.05, 4.69) is 16.0 Å². The number of benzene rings is 1. The molecule has 0 bridgehead atoms. The van der Waals surface area contributed by atoms with Crippen LogP contribution in [0.25, 0.3) is 5.69 Å². The molecule has 0 aliphatic rings. The Morgan fingerprint density at radius 3 is 2.48 bits per heavy atom. The molecule has 116 valence electrons. The molecule has 3 rings (SSSR count). The summed E-state index contributed by atoms with van der Waals surface area (Å²) in [6.45, 7) is 0. The third-order valence-corrected chi connectivity index (χ3v) is 3.83. The summed E-state index contributed by atoms with van der Waals surface area (Å²) in [6, 6.07) is 12.4. The Balaban J connectivity index is 1.70. The van der Waals surface area contributed by atoms with Crippen LogP contribution in [0.4, 0.5) is 0 Å². The van der Waals surface area contributed by atoms with Crippen molar-refractivity contribution in [2.45, 2.75) is 0 Å². The molecular formula is C15H12N4O3S. The zero-order valence-corrected chi connectivity index (χ0v) is 12.6. The number of aromatic nitrogens is 2. The molecule has 0 fully saturated rings. The van der Waals surface area contributed by atoms with Crippen LogP contribution in [-0.2, 0) is 0 Å². The Hall–Kier alpha value is -3.13. The Morgan fingerprint density at radius 1 is 1.04 bits per heavy atom. The largest absolute Gasteiger partial charge is 0.504 e. The van der Waals surface area contributed by atoms with Crippen LogP contribution in [0.2, 0.25) is 0 Å². The molecule has 0 radical (unpaired) electrons. The topological polar surface area (TPSA) is 96.3 Å². The number of amides is 2. The van der Waals surface area contributed by atoms with E-state index in [9.17, 15) is 14.7 Å². The molecule has 2 amide bonds. The Morgan fingerprint density at radius 2 is 1.78 bits per heavy atom. The van der Waals surface area contributed by atoms with E-state index in [0.29, 0.717) is 10.6 Å². The van der Waals surface area contributed by atoms with Crippen LogP contribution in [0.5, 0.6) is 5.75 Å². The van der Waals surface area contributed by atoms with Crippen molar-refractivity contribution in [3.8, 4) is 11.4 Å². The second-order valence-electron chi connectivity index (χ2n) is 4.53. The molecule has 2 aromatic heterocycles. The van der Waals surface area contributed by atoms with Crippen LogP contribution in [0, 0.1) is 0 Å². The number of hydrogen-bond donors (Lipinski definition) is 3. The van der Waals surface area contributed by atoms with Crippen LogP contribution in [0.15, 0.2) is 54.0 Å². The molecule has 3 aromatic rings. The summed E-state index contributed by atoms with van der Waals surface area (Å²) in [6.07, 6.45) is 1.32. The first-order valence-corrected chi connectivity index (χ1v) is 7.51. The third-order valence-electron chi connectivity index (χ3n) is 2.97. The van der Waals surface area contributed by atoms with Crippen LogP contribution in [0.1, 0.15) is 20.2 Å². The number of aromatic hydroxyl groups is 1. The second kappa shape index (κ2) is 6.32. The summed E-state index contributed by atoms with van der Waals surface area (Å²) in [4.78, 5) is 24.2. The number of thiophene rings is 1. The summed E-state index contributed by atoms with van der Waals surface area (Å²) in [7, 11) is 0. The molecule has 3 N–H and O–H groups in total. The van der Waals surface area contributed by atoms with Gasteiger partial charge in [0, 0.05) is 0 Å². The Labute approximate surface area is 135 Å². The van der Waals surface area contributed by atoms with E-state index in [4.69, 9.17) is 0 Å². The fourth-order valence-electron chi connectivity index (χ4n) is 1.88. The van der Waals surface area contributed by atoms with Crippen molar-refractivity contribution < 1.29 is 14.7 Å². The van der Waals surface area contributed by atoms with Crippen molar-refractivity contribution in [2.24, 2.45) is 0 Å². The van der Waals surface area contributed by atoms with Crippen molar-refractivity contribution in [3.63, 3.8) is 0 Å². The first-order valence-electron chi connectivity index (χ1n) is 6.63. The Bertz CT molecular complexity index is 828. The van der Waals surface area contributed by atoms with Crippen LogP contribution in [0.3, 0.4) is 0 Å². The monoisotopic (exact) mass is 328 g/mol. The average Bonchev–Trinajstić information content (AvgIpc) is 3.23. The predicted molar refractivity (Wildman–Crippen MR) is 84.5 cm³/mol. The van der Waals surface area contributed by atoms with Gasteiger partial charge in [-0.15, -0.1) is 11.3 Å². The summed E-state index contributed by atoms with van der Waals surface area (Å²) >= 11 is 1.25. The van der Waals surface area contributed by atoms with Gasteiger partial charge in [0.2, 0.25) is 0 Å². The van der Waals surface area contributed by atoms with E-state index in [-0.39, 0.29) is 11.4 Å². The van der Waals surface area contributed by atoms with E-state index in [1.165, 1.54) is 22.2 Å². The molecule has 23 heavy (non-hydrogen) atoms. The first kappa shape index (κ1) is 14.8. The molecule has 7 nitrogen and oxygen atoms in total. The lowest BCUT2D eigenvalue weighted by Gasteiger charge is -2.04. The number of rotatable bonds is 3. The van der Waals surface area contributed by atoms with Gasteiger partial charge in [-0.2, -0.15) is 5.10 Å². The number of hydrogen-bond acceptors (Lipinski definition) is 5. The number of carbonyl (C=O) groups is 2. The summed E-state index contributed by atoms with van der Waals surface area (Å²) < 4.78 is 1.38. The van der Waals surface area contributed by atoms with Gasteiger partial charge in [-0.05, 0) is 23.6 Å². The number of nitrogens with zero attached hydrogens (tertiary/aromatic N) is 2. The normalized spacial score (nSPS) is 10.3. The van der Waals surface area contributed by atoms with Gasteiger partial charge in [0.05, 0.1) is 16.8 Å². The van der Waals surface area contributed by atoms with Gasteiger partial charge in [0.25, 0.3) is 11.8 Å². The minimum Gasteiger partial charge on any atom is -0.504 e. The van der Waals surface area contributed by atoms with Crippen LogP contribution >= 0.6 is 11.3 Å². The zero-order valence-electron chi connectivity index (χ0n) is 11.8. The number of carbonyl (C=O) groups excluding carboxylic acids is 2. The third kappa shape index (κ3) is 3.22. The quantitative estimate of drug-likeness (QED) is 0.638. The lowest BCUT2D eigenvalue weighted by atomic mass is 10.3. The SMILES string of the molecule is O=C(NNC(=O)c1nn(-c2ccccc2)cc1O)c1cccs1. The van der Waals surface area contributed by atoms with Gasteiger partial charge in [-0.1, -0.05) is 24.3 Å². The number of hydrazine groups is 1. The predicted octanol–water partition coefficient (Wildman–Crippen LogP) is 1.71. The van der Waals surface area contributed by atoms with Crippen LogP contribution < -0.4 is 10.9 Å². The molecule has 2 heterocycles. The highest BCUT2D eigenvalue weighted by molar-refractivity contribution is 7.12. The maximum atomic E-state index is 12.0. The van der Waals surface area contributed by atoms with Gasteiger partial charge in [-0.25, -0.2) is 4.68 Å². The van der Waals surface area contributed by atoms with E-state index < -0.39 is 11.8 Å². The van der Waals surface area contributed by atoms with Crippen molar-refractivity contribution in [1.29, 1.82) is 0 Å². The van der Waals surface area contributed by atoms with E-state index in [1.807, 2.05) is 18.2 Å². The molecule has 0 saturated heterocycles. The lowest BCUT2D eigenvalue weighted by Crippen LogP contribution is -2.41. The second-order valence-corrected chi connectivity index (χ2v) is 5.48. The first-order chi connectivity index (χ1) is 11.1.